The average molecular weight is 231 g/mol. The highest BCUT2D eigenvalue weighted by atomic mass is 16.5. The third-order valence-electron chi connectivity index (χ3n) is 4.17. The van der Waals surface area contributed by atoms with Gasteiger partial charge in [-0.2, -0.15) is 0 Å². The molecular formula is C14H17NO2. The van der Waals surface area contributed by atoms with Crippen molar-refractivity contribution in [1.82, 2.24) is 5.32 Å². The summed E-state index contributed by atoms with van der Waals surface area (Å²) in [6.07, 6.45) is 3.50. The molecule has 1 aromatic rings. The van der Waals surface area contributed by atoms with Crippen molar-refractivity contribution in [2.45, 2.75) is 31.4 Å². The van der Waals surface area contributed by atoms with Gasteiger partial charge in [0.15, 0.2) is 0 Å². The number of fused-ring (bicyclic) bond motifs is 3. The molecule has 0 aliphatic carbocycles. The Bertz CT molecular complexity index is 454. The second kappa shape index (κ2) is 3.72. The van der Waals surface area contributed by atoms with Crippen LogP contribution in [-0.2, 0) is 17.6 Å². The molecule has 3 heteroatoms. The van der Waals surface area contributed by atoms with Crippen molar-refractivity contribution in [3.05, 3.63) is 28.8 Å². The zero-order valence-corrected chi connectivity index (χ0v) is 9.87. The number of hydrogen-bond donors (Lipinski definition) is 1. The zero-order chi connectivity index (χ0) is 11.2. The first-order chi connectivity index (χ1) is 8.43. The summed E-state index contributed by atoms with van der Waals surface area (Å²) < 4.78 is 11.8. The molecule has 90 valence electrons. The summed E-state index contributed by atoms with van der Waals surface area (Å²) in [7, 11) is 0. The van der Waals surface area contributed by atoms with Crippen molar-refractivity contribution < 1.29 is 9.47 Å². The van der Waals surface area contributed by atoms with E-state index in [1.807, 2.05) is 0 Å². The van der Waals surface area contributed by atoms with E-state index >= 15 is 0 Å². The van der Waals surface area contributed by atoms with Gasteiger partial charge in [-0.1, -0.05) is 12.1 Å². The molecule has 2 atom stereocenters. The maximum absolute atomic E-state index is 5.99. The molecule has 1 saturated heterocycles. The third-order valence-corrected chi connectivity index (χ3v) is 4.17. The number of ether oxygens (including phenoxy) is 2. The van der Waals surface area contributed by atoms with Gasteiger partial charge in [0, 0.05) is 18.0 Å². The van der Waals surface area contributed by atoms with Crippen LogP contribution in [0.15, 0.2) is 12.1 Å². The molecule has 1 N–H and O–H groups in total. The van der Waals surface area contributed by atoms with Crippen molar-refractivity contribution >= 4 is 0 Å². The molecule has 0 unspecified atom stereocenters. The lowest BCUT2D eigenvalue weighted by Gasteiger charge is -2.38. The Hall–Kier alpha value is -1.06. The maximum atomic E-state index is 5.99. The van der Waals surface area contributed by atoms with E-state index in [1.54, 1.807) is 0 Å². The van der Waals surface area contributed by atoms with Crippen molar-refractivity contribution in [3.8, 4) is 5.75 Å². The normalized spacial score (nSPS) is 30.1. The Balaban J connectivity index is 1.82. The van der Waals surface area contributed by atoms with Gasteiger partial charge in [-0.05, 0) is 30.5 Å². The van der Waals surface area contributed by atoms with Crippen LogP contribution in [0, 0.1) is 0 Å². The van der Waals surface area contributed by atoms with Gasteiger partial charge in [0.05, 0.1) is 13.2 Å². The topological polar surface area (TPSA) is 30.5 Å². The fraction of sp³-hybridized carbons (Fsp3) is 0.571. The van der Waals surface area contributed by atoms with Crippen LogP contribution in [0.5, 0.6) is 5.75 Å². The molecule has 4 rings (SSSR count). The van der Waals surface area contributed by atoms with Crippen LogP contribution in [0.1, 0.15) is 29.2 Å². The Morgan fingerprint density at radius 1 is 1.12 bits per heavy atom. The van der Waals surface area contributed by atoms with E-state index < -0.39 is 0 Å². The first-order valence-electron chi connectivity index (χ1n) is 6.56. The molecule has 0 saturated carbocycles. The highest BCUT2D eigenvalue weighted by molar-refractivity contribution is 5.51. The smallest absolute Gasteiger partial charge is 0.128 e. The van der Waals surface area contributed by atoms with E-state index in [0.717, 1.165) is 38.3 Å². The standard InChI is InChI=1S/C14H17NO2/c1-2-10-5-8-16-13(10)12-9(1)4-7-17-14(12)11-3-6-15-11/h1-2,11,14-15H,3-8H2/t11-,14-/m0/s1. The van der Waals surface area contributed by atoms with Crippen molar-refractivity contribution in [1.29, 1.82) is 0 Å². The minimum atomic E-state index is 0.209. The summed E-state index contributed by atoms with van der Waals surface area (Å²) in [6.45, 7) is 2.79. The lowest BCUT2D eigenvalue weighted by molar-refractivity contribution is -0.00304. The molecule has 3 aliphatic rings. The molecule has 0 radical (unpaired) electrons. The monoisotopic (exact) mass is 231 g/mol. The molecular weight excluding hydrogens is 214 g/mol. The summed E-state index contributed by atoms with van der Waals surface area (Å²) in [5.41, 5.74) is 4.12. The number of benzene rings is 1. The van der Waals surface area contributed by atoms with E-state index in [0.29, 0.717) is 6.04 Å². The van der Waals surface area contributed by atoms with Crippen LogP contribution in [0.25, 0.3) is 0 Å². The minimum Gasteiger partial charge on any atom is -0.493 e. The van der Waals surface area contributed by atoms with Gasteiger partial charge in [-0.3, -0.25) is 0 Å². The number of nitrogens with one attached hydrogen (secondary N) is 1. The van der Waals surface area contributed by atoms with Gasteiger partial charge in [0.25, 0.3) is 0 Å². The lowest BCUT2D eigenvalue weighted by atomic mass is 9.87. The second-order valence-corrected chi connectivity index (χ2v) is 5.12. The van der Waals surface area contributed by atoms with Crippen LogP contribution in [0.2, 0.25) is 0 Å². The highest BCUT2D eigenvalue weighted by Crippen LogP contribution is 2.42. The summed E-state index contributed by atoms with van der Waals surface area (Å²) in [5.74, 6) is 1.13. The number of hydrogen-bond acceptors (Lipinski definition) is 3. The van der Waals surface area contributed by atoms with Gasteiger partial charge < -0.3 is 14.8 Å². The van der Waals surface area contributed by atoms with Gasteiger partial charge in [0.1, 0.15) is 11.9 Å². The van der Waals surface area contributed by atoms with E-state index in [2.05, 4.69) is 17.4 Å². The summed E-state index contributed by atoms with van der Waals surface area (Å²) in [5, 5.41) is 3.47. The molecule has 0 aromatic heterocycles. The lowest BCUT2D eigenvalue weighted by Crippen LogP contribution is -2.48. The average Bonchev–Trinajstić information content (AvgIpc) is 2.74. The van der Waals surface area contributed by atoms with Gasteiger partial charge in [0.2, 0.25) is 0 Å². The molecule has 3 heterocycles. The van der Waals surface area contributed by atoms with Crippen LogP contribution in [-0.4, -0.2) is 25.8 Å². The van der Waals surface area contributed by atoms with Crippen LogP contribution >= 0.6 is 0 Å². The quantitative estimate of drug-likeness (QED) is 0.796. The second-order valence-electron chi connectivity index (χ2n) is 5.12. The highest BCUT2D eigenvalue weighted by Gasteiger charge is 2.36. The molecule has 1 fully saturated rings. The summed E-state index contributed by atoms with van der Waals surface area (Å²) in [6, 6.07) is 5.00. The predicted octanol–water partition coefficient (Wildman–Crippen LogP) is 1.60. The van der Waals surface area contributed by atoms with Crippen LogP contribution in [0.4, 0.5) is 0 Å². The van der Waals surface area contributed by atoms with Gasteiger partial charge in [-0.25, -0.2) is 0 Å². The van der Waals surface area contributed by atoms with Crippen molar-refractivity contribution in [2.24, 2.45) is 0 Å². The molecule has 17 heavy (non-hydrogen) atoms. The maximum Gasteiger partial charge on any atom is 0.128 e. The Labute approximate surface area is 101 Å². The molecule has 0 spiro atoms. The first-order valence-corrected chi connectivity index (χ1v) is 6.56. The zero-order valence-electron chi connectivity index (χ0n) is 9.87. The van der Waals surface area contributed by atoms with E-state index in [4.69, 9.17) is 9.47 Å². The minimum absolute atomic E-state index is 0.209. The fourth-order valence-corrected chi connectivity index (χ4v) is 3.11. The molecule has 0 bridgehead atoms. The first kappa shape index (κ1) is 9.92. The molecule has 3 aliphatic heterocycles. The van der Waals surface area contributed by atoms with Gasteiger partial charge in [-0.15, -0.1) is 0 Å². The third kappa shape index (κ3) is 1.42. The SMILES string of the molecule is c1cc2c(c3c1CCO3)[C@H]([C@@H]1CCN1)OCC2. The number of rotatable bonds is 1. The van der Waals surface area contributed by atoms with Crippen molar-refractivity contribution in [2.75, 3.05) is 19.8 Å². The van der Waals surface area contributed by atoms with E-state index in [9.17, 15) is 0 Å². The van der Waals surface area contributed by atoms with E-state index in [-0.39, 0.29) is 6.10 Å². The van der Waals surface area contributed by atoms with E-state index in [1.165, 1.54) is 23.1 Å². The van der Waals surface area contributed by atoms with Crippen LogP contribution in [0.3, 0.4) is 0 Å². The van der Waals surface area contributed by atoms with Crippen molar-refractivity contribution in [3.63, 3.8) is 0 Å². The fourth-order valence-electron chi connectivity index (χ4n) is 3.11. The largest absolute Gasteiger partial charge is 0.493 e. The predicted molar refractivity (Wildman–Crippen MR) is 64.4 cm³/mol. The molecule has 1 aromatic carbocycles. The Morgan fingerprint density at radius 2 is 1.94 bits per heavy atom. The summed E-state index contributed by atoms with van der Waals surface area (Å²) >= 11 is 0. The van der Waals surface area contributed by atoms with Crippen LogP contribution < -0.4 is 10.1 Å². The van der Waals surface area contributed by atoms with Gasteiger partial charge >= 0.3 is 0 Å². The summed E-state index contributed by atoms with van der Waals surface area (Å²) in [4.78, 5) is 0. The Morgan fingerprint density at radius 3 is 2.76 bits per heavy atom. The molecule has 0 amide bonds. The Kier molecular flexibility index (Phi) is 2.17. The molecule has 3 nitrogen and oxygen atoms in total.